The number of benzene rings is 2. The van der Waals surface area contributed by atoms with E-state index >= 15 is 0 Å². The number of nitrogens with one attached hydrogen (secondary N) is 2. The zero-order valence-electron chi connectivity index (χ0n) is 17.0. The molecule has 0 aliphatic rings. The van der Waals surface area contributed by atoms with Crippen LogP contribution in [0.25, 0.3) is 0 Å². The summed E-state index contributed by atoms with van der Waals surface area (Å²) < 4.78 is 32.1. The maximum atomic E-state index is 12.4. The monoisotopic (exact) mass is 418 g/mol. The highest BCUT2D eigenvalue weighted by atomic mass is 32.2. The quantitative estimate of drug-likeness (QED) is 0.641. The fraction of sp³-hybridized carbons (Fsp3) is 0.333. The Kier molecular flexibility index (Phi) is 7.53. The van der Waals surface area contributed by atoms with E-state index in [2.05, 4.69) is 10.0 Å². The van der Waals surface area contributed by atoms with Crippen LogP contribution < -0.4 is 10.0 Å². The van der Waals surface area contributed by atoms with Crippen LogP contribution in [0, 0.1) is 13.8 Å². The summed E-state index contributed by atoms with van der Waals surface area (Å²) in [6.45, 7) is 7.43. The van der Waals surface area contributed by atoms with Gasteiger partial charge >= 0.3 is 5.97 Å². The van der Waals surface area contributed by atoms with Crippen molar-refractivity contribution in [2.45, 2.75) is 45.1 Å². The van der Waals surface area contributed by atoms with E-state index in [0.29, 0.717) is 18.7 Å². The van der Waals surface area contributed by atoms with Crippen LogP contribution in [0.4, 0.5) is 5.69 Å². The summed E-state index contributed by atoms with van der Waals surface area (Å²) in [5.41, 5.74) is 2.66. The Morgan fingerprint density at radius 1 is 1.10 bits per heavy atom. The number of esters is 1. The third kappa shape index (κ3) is 6.13. The second kappa shape index (κ2) is 9.67. The van der Waals surface area contributed by atoms with Crippen molar-refractivity contribution in [1.82, 2.24) is 4.72 Å². The average Bonchev–Trinajstić information content (AvgIpc) is 2.68. The number of amides is 1. The first-order valence-electron chi connectivity index (χ1n) is 9.33. The minimum Gasteiger partial charge on any atom is -0.449 e. The molecule has 0 aromatic heterocycles. The van der Waals surface area contributed by atoms with E-state index in [-0.39, 0.29) is 10.5 Å². The average molecular weight is 419 g/mol. The molecule has 1 amide bonds. The Balaban J connectivity index is 2.07. The Morgan fingerprint density at radius 3 is 2.48 bits per heavy atom. The third-order valence-corrected chi connectivity index (χ3v) is 5.67. The first-order chi connectivity index (χ1) is 13.6. The smallest absolute Gasteiger partial charge is 0.338 e. The lowest BCUT2D eigenvalue weighted by Gasteiger charge is -2.15. The van der Waals surface area contributed by atoms with Crippen molar-refractivity contribution in [3.8, 4) is 0 Å². The fourth-order valence-corrected chi connectivity index (χ4v) is 3.76. The van der Waals surface area contributed by atoms with Crippen molar-refractivity contribution in [3.05, 3.63) is 59.2 Å². The van der Waals surface area contributed by atoms with E-state index in [9.17, 15) is 18.0 Å². The number of hydrogen-bond acceptors (Lipinski definition) is 5. The molecule has 156 valence electrons. The van der Waals surface area contributed by atoms with Crippen molar-refractivity contribution in [2.75, 3.05) is 11.9 Å². The summed E-state index contributed by atoms with van der Waals surface area (Å²) in [5, 5.41) is 2.73. The van der Waals surface area contributed by atoms with Gasteiger partial charge in [0, 0.05) is 12.2 Å². The van der Waals surface area contributed by atoms with Crippen LogP contribution in [0.5, 0.6) is 0 Å². The number of hydrogen-bond donors (Lipinski definition) is 2. The molecule has 29 heavy (non-hydrogen) atoms. The van der Waals surface area contributed by atoms with Crippen LogP contribution >= 0.6 is 0 Å². The Hall–Kier alpha value is -2.71. The summed E-state index contributed by atoms with van der Waals surface area (Å²) in [4.78, 5) is 24.7. The van der Waals surface area contributed by atoms with Gasteiger partial charge in [0.25, 0.3) is 5.91 Å². The molecule has 0 spiro atoms. The highest BCUT2D eigenvalue weighted by Crippen LogP contribution is 2.17. The molecule has 2 rings (SSSR count). The zero-order valence-corrected chi connectivity index (χ0v) is 17.8. The van der Waals surface area contributed by atoms with Gasteiger partial charge in [0.1, 0.15) is 0 Å². The van der Waals surface area contributed by atoms with Gasteiger partial charge in [0.2, 0.25) is 10.0 Å². The normalized spacial score (nSPS) is 12.3. The van der Waals surface area contributed by atoms with E-state index in [0.717, 1.165) is 11.1 Å². The summed E-state index contributed by atoms with van der Waals surface area (Å²) in [6.07, 6.45) is -0.407. The second-order valence-corrected chi connectivity index (χ2v) is 8.55. The van der Waals surface area contributed by atoms with E-state index < -0.39 is 28.0 Å². The lowest BCUT2D eigenvalue weighted by atomic mass is 10.1. The van der Waals surface area contributed by atoms with Crippen LogP contribution in [-0.2, 0) is 19.6 Å². The zero-order chi connectivity index (χ0) is 21.6. The summed E-state index contributed by atoms with van der Waals surface area (Å²) >= 11 is 0. The number of anilines is 1. The van der Waals surface area contributed by atoms with E-state index in [1.807, 2.05) is 32.9 Å². The first kappa shape index (κ1) is 22.6. The number of ether oxygens (including phenoxy) is 1. The predicted octanol–water partition coefficient (Wildman–Crippen LogP) is 3.18. The molecule has 0 heterocycles. The second-order valence-electron chi connectivity index (χ2n) is 6.78. The summed E-state index contributed by atoms with van der Waals surface area (Å²) in [7, 11) is -3.71. The standard InChI is InChI=1S/C21H26N2O5S/c1-5-11-22-29(26,27)18-8-6-7-17(13-18)21(25)28-16(4)20(24)23-19-10-9-14(2)12-15(19)3/h6-10,12-13,16,22H,5,11H2,1-4H3,(H,23,24)/t16-/m1/s1. The van der Waals surface area contributed by atoms with Gasteiger partial charge in [-0.05, 0) is 57.0 Å². The molecule has 0 saturated heterocycles. The Bertz CT molecular complexity index is 1000. The minimum atomic E-state index is -3.71. The van der Waals surface area contributed by atoms with Crippen LogP contribution in [0.2, 0.25) is 0 Å². The van der Waals surface area contributed by atoms with Crippen molar-refractivity contribution in [1.29, 1.82) is 0 Å². The van der Waals surface area contributed by atoms with Gasteiger partial charge in [-0.15, -0.1) is 0 Å². The molecule has 0 fully saturated rings. The molecule has 0 radical (unpaired) electrons. The van der Waals surface area contributed by atoms with Crippen LogP contribution in [0.1, 0.15) is 41.8 Å². The topological polar surface area (TPSA) is 102 Å². The van der Waals surface area contributed by atoms with Gasteiger partial charge in [0.05, 0.1) is 10.5 Å². The number of carbonyl (C=O) groups excluding carboxylic acids is 2. The number of rotatable bonds is 8. The molecule has 0 aliphatic heterocycles. The third-order valence-electron chi connectivity index (χ3n) is 4.21. The molecule has 2 aromatic rings. The molecule has 0 saturated carbocycles. The molecule has 7 nitrogen and oxygen atoms in total. The van der Waals surface area contributed by atoms with Crippen LogP contribution in [0.15, 0.2) is 47.4 Å². The van der Waals surface area contributed by atoms with Crippen LogP contribution in [-0.4, -0.2) is 32.9 Å². The Morgan fingerprint density at radius 2 is 1.83 bits per heavy atom. The van der Waals surface area contributed by atoms with Crippen LogP contribution in [0.3, 0.4) is 0 Å². The lowest BCUT2D eigenvalue weighted by molar-refractivity contribution is -0.123. The van der Waals surface area contributed by atoms with Gasteiger partial charge in [-0.1, -0.05) is 30.7 Å². The van der Waals surface area contributed by atoms with Gasteiger partial charge in [0.15, 0.2) is 6.10 Å². The minimum absolute atomic E-state index is 0.0345. The molecule has 2 N–H and O–H groups in total. The van der Waals surface area contributed by atoms with Crippen molar-refractivity contribution < 1.29 is 22.7 Å². The van der Waals surface area contributed by atoms with E-state index in [1.165, 1.54) is 31.2 Å². The molecule has 0 aliphatic carbocycles. The highest BCUT2D eigenvalue weighted by Gasteiger charge is 2.21. The van der Waals surface area contributed by atoms with Crippen molar-refractivity contribution >= 4 is 27.6 Å². The largest absolute Gasteiger partial charge is 0.449 e. The van der Waals surface area contributed by atoms with Crippen molar-refractivity contribution in [3.63, 3.8) is 0 Å². The van der Waals surface area contributed by atoms with E-state index in [4.69, 9.17) is 4.74 Å². The van der Waals surface area contributed by atoms with Gasteiger partial charge in [-0.25, -0.2) is 17.9 Å². The first-order valence-corrected chi connectivity index (χ1v) is 10.8. The maximum absolute atomic E-state index is 12.4. The predicted molar refractivity (Wildman–Crippen MR) is 111 cm³/mol. The fourth-order valence-electron chi connectivity index (χ4n) is 2.58. The van der Waals surface area contributed by atoms with Gasteiger partial charge in [-0.2, -0.15) is 0 Å². The Labute approximate surface area is 171 Å². The van der Waals surface area contributed by atoms with Crippen molar-refractivity contribution in [2.24, 2.45) is 0 Å². The maximum Gasteiger partial charge on any atom is 0.338 e. The number of sulfonamides is 1. The van der Waals surface area contributed by atoms with Gasteiger partial charge < -0.3 is 10.1 Å². The molecular formula is C21H26N2O5S. The molecule has 8 heteroatoms. The van der Waals surface area contributed by atoms with Gasteiger partial charge in [-0.3, -0.25) is 4.79 Å². The molecule has 0 bridgehead atoms. The molecular weight excluding hydrogens is 392 g/mol. The van der Waals surface area contributed by atoms with E-state index in [1.54, 1.807) is 6.07 Å². The summed E-state index contributed by atoms with van der Waals surface area (Å²) in [5.74, 6) is -1.25. The molecule has 2 aromatic carbocycles. The summed E-state index contributed by atoms with van der Waals surface area (Å²) in [6, 6.07) is 11.1. The molecule has 1 atom stereocenters. The lowest BCUT2D eigenvalue weighted by Crippen LogP contribution is -2.30. The number of aryl methyl sites for hydroxylation is 2. The highest BCUT2D eigenvalue weighted by molar-refractivity contribution is 7.89. The SMILES string of the molecule is CCCNS(=O)(=O)c1cccc(C(=O)O[C@H](C)C(=O)Nc2ccc(C)cc2C)c1. The molecule has 0 unspecified atom stereocenters. The number of carbonyl (C=O) groups is 2.